The lowest BCUT2D eigenvalue weighted by Crippen LogP contribution is -2.61. The summed E-state index contributed by atoms with van der Waals surface area (Å²) in [6.45, 7) is 7.86. The number of aromatic nitrogens is 10. The van der Waals surface area contributed by atoms with Gasteiger partial charge in [0, 0.05) is 107 Å². The molecule has 0 saturated carbocycles. The molecule has 8 aromatic rings. The fourth-order valence-corrected chi connectivity index (χ4v) is 10.8. The number of nitrogens with zero attached hydrogens (tertiary/aromatic N) is 12. The molecule has 0 unspecified atom stereocenters. The Hall–Kier alpha value is -11.5. The third kappa shape index (κ3) is 15.2. The predicted molar refractivity (Wildman–Crippen MR) is 342 cm³/mol. The van der Waals surface area contributed by atoms with Crippen LogP contribution in [0.15, 0.2) is 85.2 Å². The van der Waals surface area contributed by atoms with E-state index >= 15 is 0 Å². The molecule has 6 aromatic heterocycles. The molecule has 2 aromatic carbocycles. The molecule has 2 aliphatic heterocycles. The maximum Gasteiger partial charge on any atom is 0.409 e. The van der Waals surface area contributed by atoms with Gasteiger partial charge in [0.15, 0.2) is 11.9 Å². The fourth-order valence-electron chi connectivity index (χ4n) is 10.8. The number of nitrogens with two attached hydrogens (primary N) is 2. The molecule has 0 bridgehead atoms. The summed E-state index contributed by atoms with van der Waals surface area (Å²) in [7, 11) is 1.47. The molecular weight excluding hydrogens is 1270 g/mol. The van der Waals surface area contributed by atoms with Gasteiger partial charge in [-0.15, -0.1) is 0 Å². The Kier molecular flexibility index (Phi) is 20.7. The Balaban J connectivity index is 0.846. The number of imide groups is 1. The molecule has 0 aliphatic carbocycles. The molecule has 8 amide bonds. The van der Waals surface area contributed by atoms with Crippen LogP contribution in [-0.2, 0) is 66.2 Å². The SMILES string of the molecule is CCn1nc(C)cc1C(=O)Nc1nc2cc(C(N)=O)cc(OCCCN(C)C(=O)OCc3ccc(O[C@@H]4O[C@H](C(=O)O)[C@@H](O)[C@H](O)[C@H]4O)c(NC(=O)CCNC(=O)CCN4C(=O)C=CC4=O)c3)c2n1C/C=C/Cn1c2ncc(C(N)=O)cc2c2cnc(-c3cc(C)nn3CC)nc21. The van der Waals surface area contributed by atoms with Gasteiger partial charge in [-0.3, -0.25) is 53.1 Å². The maximum absolute atomic E-state index is 14.1. The van der Waals surface area contributed by atoms with Crippen LogP contribution < -0.4 is 36.9 Å². The number of pyridine rings is 1. The number of aliphatic carboxylic acids is 1. The van der Waals surface area contributed by atoms with Crippen LogP contribution >= 0.6 is 0 Å². The minimum atomic E-state index is -2.03. The average Bonchev–Trinajstić information content (AvgIpc) is 1.62. The Bertz CT molecular complexity index is 4470. The molecule has 97 heavy (non-hydrogen) atoms. The van der Waals surface area contributed by atoms with Crippen LogP contribution in [0.25, 0.3) is 44.6 Å². The molecule has 0 spiro atoms. The number of anilines is 2. The number of aliphatic hydroxyl groups excluding tert-OH is 3. The second kappa shape index (κ2) is 29.4. The second-order valence-corrected chi connectivity index (χ2v) is 22.6. The van der Waals surface area contributed by atoms with E-state index < -0.39 is 90.7 Å². The van der Waals surface area contributed by atoms with Gasteiger partial charge < -0.3 is 75.5 Å². The summed E-state index contributed by atoms with van der Waals surface area (Å²) in [4.78, 5) is 136. The van der Waals surface area contributed by atoms with Crippen molar-refractivity contribution in [3.63, 3.8) is 0 Å². The summed E-state index contributed by atoms with van der Waals surface area (Å²) in [5, 5.41) is 59.2. The average molecular weight is 1340 g/mol. The smallest absolute Gasteiger partial charge is 0.409 e. The molecule has 5 atom stereocenters. The number of aliphatic hydroxyl groups is 3. The third-order valence-corrected chi connectivity index (χ3v) is 15.7. The van der Waals surface area contributed by atoms with Gasteiger partial charge in [-0.1, -0.05) is 18.2 Å². The summed E-state index contributed by atoms with van der Waals surface area (Å²) >= 11 is 0. The summed E-state index contributed by atoms with van der Waals surface area (Å²) in [5.41, 5.74) is 15.9. The molecule has 1 fully saturated rings. The first-order valence-electron chi connectivity index (χ1n) is 30.6. The van der Waals surface area contributed by atoms with E-state index in [1.54, 1.807) is 39.2 Å². The van der Waals surface area contributed by atoms with E-state index in [0.717, 1.165) is 22.7 Å². The normalized spacial score (nSPS) is 16.9. The number of nitrogens with one attached hydrogen (secondary N) is 3. The number of primary amides is 2. The zero-order valence-electron chi connectivity index (χ0n) is 53.1. The van der Waals surface area contributed by atoms with Gasteiger partial charge in [-0.2, -0.15) is 10.2 Å². The molecule has 0 radical (unpaired) electrons. The van der Waals surface area contributed by atoms with Gasteiger partial charge in [0.25, 0.3) is 17.7 Å². The number of allylic oxidation sites excluding steroid dienone is 2. The van der Waals surface area contributed by atoms with Crippen molar-refractivity contribution in [3.8, 4) is 23.0 Å². The highest BCUT2D eigenvalue weighted by atomic mass is 16.7. The Labute approximate surface area is 550 Å². The second-order valence-electron chi connectivity index (χ2n) is 22.6. The van der Waals surface area contributed by atoms with Crippen LogP contribution in [0, 0.1) is 13.8 Å². The number of carbonyl (C=O) groups is 9. The van der Waals surface area contributed by atoms with Crippen LogP contribution in [0.3, 0.4) is 0 Å². The van der Waals surface area contributed by atoms with E-state index in [4.69, 9.17) is 40.4 Å². The van der Waals surface area contributed by atoms with E-state index in [-0.39, 0.29) is 110 Å². The first-order valence-corrected chi connectivity index (χ1v) is 30.6. The molecule has 34 nitrogen and oxygen atoms in total. The number of carboxylic acids is 1. The number of hydrogen-bond acceptors (Lipinski definition) is 22. The third-order valence-electron chi connectivity index (χ3n) is 15.7. The summed E-state index contributed by atoms with van der Waals surface area (Å²) in [6, 6.07) is 12.1. The highest BCUT2D eigenvalue weighted by Gasteiger charge is 2.48. The van der Waals surface area contributed by atoms with Crippen molar-refractivity contribution >= 4 is 98.1 Å². The van der Waals surface area contributed by atoms with Crippen LogP contribution in [0.1, 0.15) is 81.3 Å². The van der Waals surface area contributed by atoms with Crippen molar-refractivity contribution in [1.82, 2.24) is 63.7 Å². The number of hydrogen-bond donors (Lipinski definition) is 9. The Morgan fingerprint density at radius 3 is 2.18 bits per heavy atom. The first-order chi connectivity index (χ1) is 46.4. The predicted octanol–water partition coefficient (Wildman–Crippen LogP) is 1.82. The van der Waals surface area contributed by atoms with Crippen LogP contribution in [0.4, 0.5) is 16.4 Å². The highest BCUT2D eigenvalue weighted by Crippen LogP contribution is 2.35. The standard InChI is InChI=1S/C63H69N17O17/c1-6-79-41(23-32(3)73-79)56-67-30-38-37-26-36(55(65)89)29-68-57(37)78(58(38)71-56)20-9-8-19-77-49-40(70-62(77)72-59(90)42-24-33(4)74-80(42)7-2)27-35(54(64)88)28-44(49)94-22-10-18-75(5)63(93)95-31-34-11-12-43(96-61-52(87)50(85)51(86)53(97-61)60(91)92)39(25-34)69-46(82)15-17-66-45(81)16-21-76-47(83)13-14-48(76)84/h8-9,11-14,23-30,50-53,61,85-87H,6-7,10,15-22,31H2,1-5H3,(H2,64,88)(H2,65,89)(H,66,81)(H,69,82)(H,91,92)(H,70,72,90)/b9-8+/t50-,51-,52+,53-,61+/m0/s1. The van der Waals surface area contributed by atoms with Gasteiger partial charge in [0.05, 0.1) is 34.8 Å². The van der Waals surface area contributed by atoms with Gasteiger partial charge >= 0.3 is 12.1 Å². The van der Waals surface area contributed by atoms with Gasteiger partial charge in [-0.05, 0) is 82.1 Å². The van der Waals surface area contributed by atoms with Crippen molar-refractivity contribution in [2.45, 2.75) is 110 Å². The number of carbonyl (C=O) groups excluding carboxylic acids is 8. The first kappa shape index (κ1) is 68.4. The van der Waals surface area contributed by atoms with Gasteiger partial charge in [0.2, 0.25) is 35.9 Å². The molecule has 1 saturated heterocycles. The van der Waals surface area contributed by atoms with Crippen molar-refractivity contribution in [1.29, 1.82) is 0 Å². The largest absolute Gasteiger partial charge is 0.491 e. The van der Waals surface area contributed by atoms with Crippen LogP contribution in [-0.4, -0.2) is 196 Å². The van der Waals surface area contributed by atoms with Crippen molar-refractivity contribution in [2.75, 3.05) is 43.9 Å². The van der Waals surface area contributed by atoms with Crippen LogP contribution in [0.2, 0.25) is 0 Å². The Morgan fingerprint density at radius 1 is 0.753 bits per heavy atom. The molecule has 10 rings (SSSR count). The van der Waals surface area contributed by atoms with Crippen molar-refractivity contribution in [2.24, 2.45) is 11.5 Å². The monoisotopic (exact) mass is 1340 g/mol. The number of carboxylic acid groups (broad SMARTS) is 1. The summed E-state index contributed by atoms with van der Waals surface area (Å²) < 4.78 is 30.0. The number of fused-ring (bicyclic) bond motifs is 4. The zero-order chi connectivity index (χ0) is 69.5. The minimum absolute atomic E-state index is 0.0387. The molecule has 2 aliphatic rings. The number of rotatable bonds is 28. The number of benzene rings is 2. The fraction of sp³-hybridized carbons (Fsp3) is 0.349. The molecular formula is C63H69N17O17. The molecule has 508 valence electrons. The van der Waals surface area contributed by atoms with E-state index in [9.17, 15) is 63.6 Å². The summed E-state index contributed by atoms with van der Waals surface area (Å²) in [5.74, 6) is -5.64. The van der Waals surface area contributed by atoms with E-state index in [0.29, 0.717) is 57.9 Å². The lowest BCUT2D eigenvalue weighted by Gasteiger charge is -2.38. The number of aryl methyl sites for hydroxylation is 4. The molecule has 11 N–H and O–H groups in total. The van der Waals surface area contributed by atoms with E-state index in [1.165, 1.54) is 48.5 Å². The number of ether oxygens (including phenoxy) is 4. The van der Waals surface area contributed by atoms with Crippen molar-refractivity contribution < 1.29 is 82.5 Å². The maximum atomic E-state index is 14.1. The quantitative estimate of drug-likeness (QED) is 0.0192. The minimum Gasteiger partial charge on any atom is -0.491 e. The topological polar surface area (TPSA) is 463 Å². The zero-order valence-corrected chi connectivity index (χ0v) is 53.1. The van der Waals surface area contributed by atoms with E-state index in [1.807, 2.05) is 43.6 Å². The van der Waals surface area contributed by atoms with Crippen LogP contribution in [0.5, 0.6) is 11.5 Å². The molecule has 34 heteroatoms. The number of imidazole rings is 1. The lowest BCUT2D eigenvalue weighted by atomic mass is 9.99. The van der Waals surface area contributed by atoms with Crippen molar-refractivity contribution in [3.05, 3.63) is 119 Å². The van der Waals surface area contributed by atoms with Gasteiger partial charge in [-0.25, -0.2) is 29.5 Å². The molecule has 8 heterocycles. The van der Waals surface area contributed by atoms with Gasteiger partial charge in [0.1, 0.15) is 64.6 Å². The summed E-state index contributed by atoms with van der Waals surface area (Å²) in [6.07, 6.45) is -2.22. The highest BCUT2D eigenvalue weighted by molar-refractivity contribution is 6.13. The lowest BCUT2D eigenvalue weighted by molar-refractivity contribution is -0.271. The van der Waals surface area contributed by atoms with E-state index in [2.05, 4.69) is 36.1 Å². The number of amides is 8. The Morgan fingerprint density at radius 2 is 1.46 bits per heavy atom.